The Bertz CT molecular complexity index is 87.7. The predicted molar refractivity (Wildman–Crippen MR) is 30.5 cm³/mol. The summed E-state index contributed by atoms with van der Waals surface area (Å²) in [7, 11) is 0. The van der Waals surface area contributed by atoms with Crippen LogP contribution in [0.15, 0.2) is 0 Å². The molecule has 0 saturated heterocycles. The van der Waals surface area contributed by atoms with Gasteiger partial charge in [0.1, 0.15) is 0 Å². The first-order valence-corrected chi connectivity index (χ1v) is 3.12. The standard InChI is InChI=1S/C6H12O2/c7-5-3-1-2-4-6(5)8/h5-8H,1-4H2/t5-,6-/m1/s1/i7D,8D. The van der Waals surface area contributed by atoms with Crippen LogP contribution in [0.2, 0.25) is 0 Å². The van der Waals surface area contributed by atoms with Crippen LogP contribution >= 0.6 is 0 Å². The molecule has 48 valence electrons. The Morgan fingerprint density at radius 2 is 1.62 bits per heavy atom. The fourth-order valence-electron chi connectivity index (χ4n) is 1.06. The topological polar surface area (TPSA) is 40.5 Å². The second-order valence-electron chi connectivity index (χ2n) is 2.36. The zero-order valence-electron chi connectivity index (χ0n) is 6.80. The quantitative estimate of drug-likeness (QED) is 0.547. The van der Waals surface area contributed by atoms with Crippen molar-refractivity contribution >= 4 is 0 Å². The van der Waals surface area contributed by atoms with Crippen LogP contribution in [0, 0.1) is 0 Å². The maximum atomic E-state index is 6.67. The first-order valence-electron chi connectivity index (χ1n) is 3.94. The van der Waals surface area contributed by atoms with Gasteiger partial charge in [-0.3, -0.25) is 0 Å². The molecule has 0 heterocycles. The van der Waals surface area contributed by atoms with Crippen LogP contribution in [0.5, 0.6) is 0 Å². The third kappa shape index (κ3) is 1.20. The Labute approximate surface area is 52.1 Å². The minimum atomic E-state index is -0.175. The van der Waals surface area contributed by atoms with Crippen molar-refractivity contribution in [3.63, 3.8) is 0 Å². The molecule has 0 radical (unpaired) electrons. The number of hydrogen-bond acceptors (Lipinski definition) is 2. The monoisotopic (exact) mass is 118 g/mol. The lowest BCUT2D eigenvalue weighted by Gasteiger charge is -2.22. The van der Waals surface area contributed by atoms with E-state index >= 15 is 0 Å². The first kappa shape index (κ1) is 3.85. The molecule has 1 fully saturated rings. The molecule has 0 aliphatic heterocycles. The van der Waals surface area contributed by atoms with Crippen LogP contribution in [0.4, 0.5) is 0 Å². The van der Waals surface area contributed by atoms with Crippen molar-refractivity contribution in [3.05, 3.63) is 0 Å². The van der Waals surface area contributed by atoms with Crippen molar-refractivity contribution < 1.29 is 10.2 Å². The lowest BCUT2D eigenvalue weighted by molar-refractivity contribution is -0.00865. The van der Waals surface area contributed by atoms with Crippen molar-refractivity contribution in [3.8, 4) is 0 Å². The average Bonchev–Trinajstić information content (AvgIpc) is 2.04. The SMILES string of the molecule is [2H]O[C@@H]1CCCC[C@H]1O[2H]. The van der Waals surface area contributed by atoms with Crippen LogP contribution in [0.3, 0.4) is 0 Å². The number of rotatable bonds is 2. The predicted octanol–water partition coefficient (Wildman–Crippen LogP) is 0.282. The summed E-state index contributed by atoms with van der Waals surface area (Å²) in [4.78, 5) is 0. The van der Waals surface area contributed by atoms with Crippen molar-refractivity contribution in [2.75, 3.05) is 0 Å². The van der Waals surface area contributed by atoms with Crippen LogP contribution in [0.1, 0.15) is 25.7 Å². The Hall–Kier alpha value is -0.0800. The number of aliphatic hydroxyl groups is 2. The van der Waals surface area contributed by atoms with E-state index in [9.17, 15) is 0 Å². The van der Waals surface area contributed by atoms with E-state index in [4.69, 9.17) is 2.86 Å². The molecule has 0 spiro atoms. The minimum absolute atomic E-state index is 0.175. The number of hydrogen-bond donors (Lipinski definition) is 2. The van der Waals surface area contributed by atoms with Gasteiger partial charge >= 0.3 is 0 Å². The molecule has 2 nitrogen and oxygen atoms in total. The molecule has 0 aromatic carbocycles. The van der Waals surface area contributed by atoms with Gasteiger partial charge in [0, 0.05) is 0 Å². The Morgan fingerprint density at radius 1 is 1.12 bits per heavy atom. The Balaban J connectivity index is 2.34. The minimum Gasteiger partial charge on any atom is -0.390 e. The normalized spacial score (nSPS) is 43.0. The zero-order valence-corrected chi connectivity index (χ0v) is 4.80. The van der Waals surface area contributed by atoms with Gasteiger partial charge in [0.2, 0.25) is 2.86 Å². The second kappa shape index (κ2) is 2.46. The average molecular weight is 118 g/mol. The highest BCUT2D eigenvalue weighted by Gasteiger charge is 2.19. The van der Waals surface area contributed by atoms with Crippen molar-refractivity contribution in [2.45, 2.75) is 37.9 Å². The van der Waals surface area contributed by atoms with E-state index in [1.54, 1.807) is 0 Å². The van der Waals surface area contributed by atoms with E-state index in [0.717, 1.165) is 25.7 Å². The van der Waals surface area contributed by atoms with E-state index in [-0.39, 0.29) is 12.2 Å². The summed E-state index contributed by atoms with van der Waals surface area (Å²) in [5.74, 6) is 0. The molecule has 0 aromatic rings. The van der Waals surface area contributed by atoms with Crippen molar-refractivity contribution in [1.29, 1.82) is 2.86 Å². The molecule has 1 aliphatic carbocycles. The molecule has 1 rings (SSSR count). The third-order valence-electron chi connectivity index (χ3n) is 1.64. The molecule has 0 amide bonds. The van der Waals surface area contributed by atoms with Crippen LogP contribution in [0.25, 0.3) is 0 Å². The summed E-state index contributed by atoms with van der Waals surface area (Å²) < 4.78 is 13.3. The van der Waals surface area contributed by atoms with E-state index in [1.165, 1.54) is 0 Å². The van der Waals surface area contributed by atoms with Crippen LogP contribution in [-0.4, -0.2) is 25.3 Å². The van der Waals surface area contributed by atoms with Gasteiger partial charge in [-0.25, -0.2) is 0 Å². The molecule has 2 N–H and O–H groups in total. The van der Waals surface area contributed by atoms with Crippen LogP contribution < -0.4 is 0 Å². The maximum absolute atomic E-state index is 6.67. The van der Waals surface area contributed by atoms with E-state index in [2.05, 4.69) is 10.2 Å². The highest BCUT2D eigenvalue weighted by molar-refractivity contribution is 4.72. The molecule has 2 heteroatoms. The molecule has 1 saturated carbocycles. The van der Waals surface area contributed by atoms with Crippen LogP contribution in [-0.2, 0) is 0 Å². The fourth-order valence-corrected chi connectivity index (χ4v) is 1.06. The second-order valence-corrected chi connectivity index (χ2v) is 2.36. The summed E-state index contributed by atoms with van der Waals surface area (Å²) in [5, 5.41) is 8.80. The summed E-state index contributed by atoms with van der Waals surface area (Å²) in [6.45, 7) is 0. The summed E-state index contributed by atoms with van der Waals surface area (Å²) >= 11 is 0. The third-order valence-corrected chi connectivity index (χ3v) is 1.64. The highest BCUT2D eigenvalue weighted by atomic mass is 16.3. The summed E-state index contributed by atoms with van der Waals surface area (Å²) in [5.41, 5.74) is 0. The largest absolute Gasteiger partial charge is 0.390 e. The zero-order chi connectivity index (χ0) is 7.40. The smallest absolute Gasteiger partial charge is 0.211 e. The summed E-state index contributed by atoms with van der Waals surface area (Å²) in [6, 6.07) is 0. The van der Waals surface area contributed by atoms with Crippen molar-refractivity contribution in [1.82, 2.24) is 0 Å². The van der Waals surface area contributed by atoms with Gasteiger partial charge in [-0.05, 0) is 12.8 Å². The van der Waals surface area contributed by atoms with E-state index in [1.807, 2.05) is 0 Å². The maximum Gasteiger partial charge on any atom is 0.211 e. The fraction of sp³-hybridized carbons (Fsp3) is 1.00. The molecule has 1 aliphatic rings. The van der Waals surface area contributed by atoms with Gasteiger partial charge < -0.3 is 10.2 Å². The van der Waals surface area contributed by atoms with Crippen molar-refractivity contribution in [2.24, 2.45) is 0 Å². The van der Waals surface area contributed by atoms with E-state index in [0.29, 0.717) is 0 Å². The lowest BCUT2D eigenvalue weighted by Crippen LogP contribution is -2.28. The molecule has 2 atom stereocenters. The van der Waals surface area contributed by atoms with Gasteiger partial charge in [0.25, 0.3) is 0 Å². The lowest BCUT2D eigenvalue weighted by atomic mass is 9.95. The molecule has 0 unspecified atom stereocenters. The number of aliphatic hydroxyl groups excluding tert-OH is 2. The first-order chi connectivity index (χ1) is 4.88. The van der Waals surface area contributed by atoms with Gasteiger partial charge in [0.05, 0.1) is 12.2 Å². The molecular formula is C6H12O2. The molecular weight excluding hydrogens is 104 g/mol. The van der Waals surface area contributed by atoms with Gasteiger partial charge in [0.15, 0.2) is 0 Å². The molecule has 0 aromatic heterocycles. The highest BCUT2D eigenvalue weighted by Crippen LogP contribution is 2.17. The molecule has 0 bridgehead atoms. The molecule has 8 heavy (non-hydrogen) atoms. The van der Waals surface area contributed by atoms with Gasteiger partial charge in [-0.2, -0.15) is 0 Å². The van der Waals surface area contributed by atoms with Gasteiger partial charge in [-0.15, -0.1) is 0 Å². The Kier molecular flexibility index (Phi) is 1.19. The van der Waals surface area contributed by atoms with E-state index < -0.39 is 0 Å². The Morgan fingerprint density at radius 3 is 2.00 bits per heavy atom. The summed E-state index contributed by atoms with van der Waals surface area (Å²) in [6.07, 6.45) is 3.53. The van der Waals surface area contributed by atoms with Gasteiger partial charge in [-0.1, -0.05) is 12.8 Å².